The molecule has 0 spiro atoms. The van der Waals surface area contributed by atoms with Gasteiger partial charge in [0.2, 0.25) is 0 Å². The van der Waals surface area contributed by atoms with Crippen LogP contribution in [0.1, 0.15) is 19.4 Å². The maximum Gasteiger partial charge on any atom is 0.315 e. The molecule has 2 amide bonds. The molecule has 0 aliphatic rings. The summed E-state index contributed by atoms with van der Waals surface area (Å²) in [7, 11) is 0. The number of halogens is 1. The quantitative estimate of drug-likeness (QED) is 0.766. The van der Waals surface area contributed by atoms with Gasteiger partial charge in [-0.3, -0.25) is 0 Å². The number of hydrogen-bond acceptors (Lipinski definition) is 2. The summed E-state index contributed by atoms with van der Waals surface area (Å²) in [5, 5.41) is 15.1. The van der Waals surface area contributed by atoms with Crippen LogP contribution in [0, 0.1) is 0 Å². The van der Waals surface area contributed by atoms with E-state index in [1.54, 1.807) is 13.8 Å². The topological polar surface area (TPSA) is 61.4 Å². The predicted octanol–water partition coefficient (Wildman–Crippen LogP) is 1.95. The SMILES string of the molecule is CC(C)(CO)NC(=O)NCCc1cccc(Cl)c1. The lowest BCUT2D eigenvalue weighted by molar-refractivity contribution is 0.182. The highest BCUT2D eigenvalue weighted by Gasteiger charge is 2.18. The first-order chi connectivity index (χ1) is 8.43. The molecule has 0 saturated carbocycles. The number of benzene rings is 1. The Bertz CT molecular complexity index is 408. The number of hydrogen-bond donors (Lipinski definition) is 3. The van der Waals surface area contributed by atoms with E-state index in [-0.39, 0.29) is 12.6 Å². The number of nitrogens with one attached hydrogen (secondary N) is 2. The first-order valence-corrected chi connectivity index (χ1v) is 6.22. The van der Waals surface area contributed by atoms with Crippen molar-refractivity contribution in [2.45, 2.75) is 25.8 Å². The Morgan fingerprint density at radius 2 is 2.17 bits per heavy atom. The molecule has 1 aromatic carbocycles. The molecule has 3 N–H and O–H groups in total. The lowest BCUT2D eigenvalue weighted by Crippen LogP contribution is -2.50. The van der Waals surface area contributed by atoms with Gasteiger partial charge in [-0.25, -0.2) is 4.79 Å². The smallest absolute Gasteiger partial charge is 0.315 e. The van der Waals surface area contributed by atoms with Crippen LogP contribution in [-0.4, -0.2) is 29.8 Å². The van der Waals surface area contributed by atoms with Crippen LogP contribution in [0.25, 0.3) is 0 Å². The molecule has 0 radical (unpaired) electrons. The zero-order chi connectivity index (χ0) is 13.6. The second kappa shape index (κ2) is 6.61. The fourth-order valence-corrected chi connectivity index (χ4v) is 1.62. The van der Waals surface area contributed by atoms with Crippen molar-refractivity contribution in [1.82, 2.24) is 10.6 Å². The molecular formula is C13H19ClN2O2. The lowest BCUT2D eigenvalue weighted by Gasteiger charge is -2.23. The maximum atomic E-state index is 11.5. The van der Waals surface area contributed by atoms with Crippen molar-refractivity contribution in [3.8, 4) is 0 Å². The number of aliphatic hydroxyl groups excluding tert-OH is 1. The van der Waals surface area contributed by atoms with E-state index in [4.69, 9.17) is 16.7 Å². The first-order valence-electron chi connectivity index (χ1n) is 5.84. The van der Waals surface area contributed by atoms with Gasteiger partial charge >= 0.3 is 6.03 Å². The van der Waals surface area contributed by atoms with Gasteiger partial charge in [-0.15, -0.1) is 0 Å². The van der Waals surface area contributed by atoms with Crippen molar-refractivity contribution in [2.24, 2.45) is 0 Å². The summed E-state index contributed by atoms with van der Waals surface area (Å²) in [6.07, 6.45) is 0.716. The van der Waals surface area contributed by atoms with Crippen LogP contribution < -0.4 is 10.6 Å². The van der Waals surface area contributed by atoms with E-state index >= 15 is 0 Å². The lowest BCUT2D eigenvalue weighted by atomic mass is 10.1. The molecule has 0 aromatic heterocycles. The fraction of sp³-hybridized carbons (Fsp3) is 0.462. The largest absolute Gasteiger partial charge is 0.394 e. The minimum atomic E-state index is -0.611. The van der Waals surface area contributed by atoms with E-state index in [0.717, 1.165) is 5.56 Å². The highest BCUT2D eigenvalue weighted by molar-refractivity contribution is 6.30. The fourth-order valence-electron chi connectivity index (χ4n) is 1.40. The van der Waals surface area contributed by atoms with Crippen LogP contribution in [0.2, 0.25) is 5.02 Å². The van der Waals surface area contributed by atoms with Gasteiger partial charge in [0.25, 0.3) is 0 Å². The number of amides is 2. The van der Waals surface area contributed by atoms with Gasteiger partial charge in [-0.2, -0.15) is 0 Å². The summed E-state index contributed by atoms with van der Waals surface area (Å²) < 4.78 is 0. The molecule has 0 unspecified atom stereocenters. The zero-order valence-corrected chi connectivity index (χ0v) is 11.4. The van der Waals surface area contributed by atoms with Crippen molar-refractivity contribution in [1.29, 1.82) is 0 Å². The number of aliphatic hydroxyl groups is 1. The molecule has 4 nitrogen and oxygen atoms in total. The summed E-state index contributed by atoms with van der Waals surface area (Å²) >= 11 is 5.86. The Hall–Kier alpha value is -1.26. The molecule has 0 aliphatic carbocycles. The minimum absolute atomic E-state index is 0.102. The average Bonchev–Trinajstić information content (AvgIpc) is 2.28. The first kappa shape index (κ1) is 14.8. The molecule has 0 aliphatic heterocycles. The number of rotatable bonds is 5. The third kappa shape index (κ3) is 5.38. The Kier molecular flexibility index (Phi) is 5.44. The number of carbonyl (C=O) groups excluding carboxylic acids is 1. The van der Waals surface area contributed by atoms with Crippen LogP contribution in [0.5, 0.6) is 0 Å². The van der Waals surface area contributed by atoms with Gasteiger partial charge in [-0.05, 0) is 38.0 Å². The van der Waals surface area contributed by atoms with Gasteiger partial charge in [0.15, 0.2) is 0 Å². The summed E-state index contributed by atoms with van der Waals surface area (Å²) in [5.41, 5.74) is 0.462. The van der Waals surface area contributed by atoms with Gasteiger partial charge in [0.1, 0.15) is 0 Å². The molecule has 0 atom stereocenters. The van der Waals surface area contributed by atoms with Crippen LogP contribution in [0.3, 0.4) is 0 Å². The molecule has 0 fully saturated rings. The summed E-state index contributed by atoms with van der Waals surface area (Å²) in [6, 6.07) is 7.25. The van der Waals surface area contributed by atoms with Crippen LogP contribution in [0.4, 0.5) is 4.79 Å². The van der Waals surface area contributed by atoms with Gasteiger partial charge < -0.3 is 15.7 Å². The molecule has 100 valence electrons. The Balaban J connectivity index is 2.32. The normalized spacial score (nSPS) is 11.1. The molecule has 18 heavy (non-hydrogen) atoms. The third-order valence-corrected chi connectivity index (χ3v) is 2.67. The Labute approximate surface area is 112 Å². The highest BCUT2D eigenvalue weighted by atomic mass is 35.5. The van der Waals surface area contributed by atoms with E-state index in [0.29, 0.717) is 18.0 Å². The Morgan fingerprint density at radius 3 is 2.78 bits per heavy atom. The van der Waals surface area contributed by atoms with Gasteiger partial charge in [0, 0.05) is 11.6 Å². The minimum Gasteiger partial charge on any atom is -0.394 e. The van der Waals surface area contributed by atoms with Gasteiger partial charge in [-0.1, -0.05) is 23.7 Å². The molecule has 0 heterocycles. The monoisotopic (exact) mass is 270 g/mol. The van der Waals surface area contributed by atoms with E-state index < -0.39 is 5.54 Å². The van der Waals surface area contributed by atoms with Crippen molar-refractivity contribution in [3.63, 3.8) is 0 Å². The molecule has 5 heteroatoms. The summed E-state index contributed by atoms with van der Waals surface area (Å²) in [5.74, 6) is 0. The van der Waals surface area contributed by atoms with Crippen LogP contribution in [-0.2, 0) is 6.42 Å². The molecule has 0 bridgehead atoms. The predicted molar refractivity (Wildman–Crippen MR) is 72.9 cm³/mol. The van der Waals surface area contributed by atoms with Crippen molar-refractivity contribution in [3.05, 3.63) is 34.9 Å². The highest BCUT2D eigenvalue weighted by Crippen LogP contribution is 2.10. The Morgan fingerprint density at radius 1 is 1.44 bits per heavy atom. The second-order valence-electron chi connectivity index (χ2n) is 4.80. The van der Waals surface area contributed by atoms with E-state index in [9.17, 15) is 4.79 Å². The second-order valence-corrected chi connectivity index (χ2v) is 5.24. The molecular weight excluding hydrogens is 252 g/mol. The average molecular weight is 271 g/mol. The van der Waals surface area contributed by atoms with E-state index in [1.165, 1.54) is 0 Å². The van der Waals surface area contributed by atoms with Crippen LogP contribution in [0.15, 0.2) is 24.3 Å². The number of urea groups is 1. The van der Waals surface area contributed by atoms with Crippen molar-refractivity contribution < 1.29 is 9.90 Å². The molecule has 0 saturated heterocycles. The van der Waals surface area contributed by atoms with Crippen molar-refractivity contribution in [2.75, 3.05) is 13.2 Å². The van der Waals surface area contributed by atoms with Crippen molar-refractivity contribution >= 4 is 17.6 Å². The number of carbonyl (C=O) groups is 1. The maximum absolute atomic E-state index is 11.5. The summed E-state index contributed by atoms with van der Waals surface area (Å²) in [4.78, 5) is 11.5. The standard InChI is InChI=1S/C13H19ClN2O2/c1-13(2,9-17)16-12(18)15-7-6-10-4-3-5-11(14)8-10/h3-5,8,17H,6-7,9H2,1-2H3,(H2,15,16,18). The third-order valence-electron chi connectivity index (χ3n) is 2.44. The van der Waals surface area contributed by atoms with Gasteiger partial charge in [0.05, 0.1) is 12.1 Å². The molecule has 1 aromatic rings. The van der Waals surface area contributed by atoms with E-state index in [1.807, 2.05) is 24.3 Å². The summed E-state index contributed by atoms with van der Waals surface area (Å²) in [6.45, 7) is 3.93. The zero-order valence-electron chi connectivity index (χ0n) is 10.7. The van der Waals surface area contributed by atoms with Crippen LogP contribution >= 0.6 is 11.6 Å². The molecule has 1 rings (SSSR count). The van der Waals surface area contributed by atoms with E-state index in [2.05, 4.69) is 10.6 Å².